The number of fused-ring (bicyclic) bond motifs is 3. The second-order valence-electron chi connectivity index (χ2n) is 9.76. The summed E-state index contributed by atoms with van der Waals surface area (Å²) >= 11 is 0. The van der Waals surface area contributed by atoms with Gasteiger partial charge in [-0.05, 0) is 62.1 Å². The summed E-state index contributed by atoms with van der Waals surface area (Å²) < 4.78 is 0. The van der Waals surface area contributed by atoms with Gasteiger partial charge in [0.25, 0.3) is 0 Å². The van der Waals surface area contributed by atoms with Crippen LogP contribution < -0.4 is 4.90 Å². The van der Waals surface area contributed by atoms with Gasteiger partial charge in [-0.2, -0.15) is 10.4 Å². The summed E-state index contributed by atoms with van der Waals surface area (Å²) in [7, 11) is 0. The van der Waals surface area contributed by atoms with Crippen LogP contribution in [0.2, 0.25) is 0 Å². The molecule has 6 heteroatoms. The molecule has 1 fully saturated rings. The lowest BCUT2D eigenvalue weighted by Gasteiger charge is -2.16. The van der Waals surface area contributed by atoms with Crippen molar-refractivity contribution in [3.8, 4) is 28.5 Å². The van der Waals surface area contributed by atoms with Gasteiger partial charge in [0.05, 0.1) is 28.7 Å². The van der Waals surface area contributed by atoms with E-state index in [9.17, 15) is 5.26 Å². The lowest BCUT2D eigenvalue weighted by atomic mass is 9.86. The minimum atomic E-state index is -0.532. The van der Waals surface area contributed by atoms with Gasteiger partial charge in [0.2, 0.25) is 0 Å². The highest BCUT2D eigenvalue weighted by Crippen LogP contribution is 2.35. The molecule has 0 radical (unpaired) electrons. The van der Waals surface area contributed by atoms with Crippen LogP contribution in [-0.2, 0) is 5.41 Å². The number of nitrogens with zero attached hydrogens (tertiary/aromatic N) is 5. The Kier molecular flexibility index (Phi) is 5.00. The molecule has 35 heavy (non-hydrogen) atoms. The molecule has 1 aliphatic rings. The topological polar surface area (TPSA) is 81.5 Å². The molecule has 5 aromatic rings. The molecule has 0 amide bonds. The molecule has 1 aliphatic heterocycles. The molecule has 0 spiro atoms. The van der Waals surface area contributed by atoms with Gasteiger partial charge >= 0.3 is 0 Å². The largest absolute Gasteiger partial charge is 0.357 e. The fourth-order valence-corrected chi connectivity index (χ4v) is 4.89. The minimum Gasteiger partial charge on any atom is -0.357 e. The quantitative estimate of drug-likeness (QED) is 0.345. The van der Waals surface area contributed by atoms with Crippen molar-refractivity contribution in [1.29, 1.82) is 5.26 Å². The van der Waals surface area contributed by atoms with Crippen LogP contribution in [0.4, 0.5) is 5.82 Å². The van der Waals surface area contributed by atoms with Gasteiger partial charge in [-0.15, -0.1) is 0 Å². The van der Waals surface area contributed by atoms with Crippen LogP contribution in [-0.4, -0.2) is 33.3 Å². The van der Waals surface area contributed by atoms with Gasteiger partial charge in [-0.25, -0.2) is 4.98 Å². The summed E-state index contributed by atoms with van der Waals surface area (Å²) in [6.45, 7) is 6.03. The van der Waals surface area contributed by atoms with Gasteiger partial charge in [-0.1, -0.05) is 30.3 Å². The zero-order valence-corrected chi connectivity index (χ0v) is 19.9. The Morgan fingerprint density at radius 1 is 0.886 bits per heavy atom. The molecule has 1 N–H and O–H groups in total. The Bertz CT molecular complexity index is 1570. The van der Waals surface area contributed by atoms with Crippen molar-refractivity contribution in [2.45, 2.75) is 32.1 Å². The molecule has 0 aliphatic carbocycles. The predicted molar refractivity (Wildman–Crippen MR) is 140 cm³/mol. The average molecular weight is 459 g/mol. The van der Waals surface area contributed by atoms with Gasteiger partial charge in [0.1, 0.15) is 11.5 Å². The number of hydrogen-bond donors (Lipinski definition) is 1. The summed E-state index contributed by atoms with van der Waals surface area (Å²) in [4.78, 5) is 11.7. The van der Waals surface area contributed by atoms with E-state index in [0.29, 0.717) is 0 Å². The van der Waals surface area contributed by atoms with E-state index in [0.717, 1.165) is 68.7 Å². The number of anilines is 1. The second kappa shape index (κ2) is 8.21. The number of aromatic amines is 1. The number of nitriles is 1. The van der Waals surface area contributed by atoms with E-state index in [1.165, 1.54) is 12.8 Å². The third-order valence-electron chi connectivity index (χ3n) is 7.06. The maximum absolute atomic E-state index is 9.47. The molecule has 6 nitrogen and oxygen atoms in total. The fourth-order valence-electron chi connectivity index (χ4n) is 4.89. The number of H-pyrrole nitrogens is 1. The molecule has 172 valence electrons. The van der Waals surface area contributed by atoms with E-state index in [1.807, 2.05) is 50.5 Å². The van der Waals surface area contributed by atoms with E-state index in [1.54, 1.807) is 0 Å². The van der Waals surface area contributed by atoms with Gasteiger partial charge in [-0.3, -0.25) is 10.1 Å². The van der Waals surface area contributed by atoms with Crippen LogP contribution >= 0.6 is 0 Å². The van der Waals surface area contributed by atoms with Crippen molar-refractivity contribution in [2.75, 3.05) is 18.0 Å². The van der Waals surface area contributed by atoms with E-state index in [-0.39, 0.29) is 0 Å². The first-order valence-electron chi connectivity index (χ1n) is 12.0. The van der Waals surface area contributed by atoms with Crippen molar-refractivity contribution in [1.82, 2.24) is 20.2 Å². The molecule has 0 bridgehead atoms. The monoisotopic (exact) mass is 458 g/mol. The van der Waals surface area contributed by atoms with E-state index in [2.05, 4.69) is 56.5 Å². The van der Waals surface area contributed by atoms with Crippen LogP contribution in [0, 0.1) is 11.3 Å². The van der Waals surface area contributed by atoms with Crippen molar-refractivity contribution >= 4 is 27.6 Å². The molecule has 4 heterocycles. The summed E-state index contributed by atoms with van der Waals surface area (Å²) in [6.07, 6.45) is 6.29. The van der Waals surface area contributed by atoms with Crippen molar-refractivity contribution in [3.05, 3.63) is 72.6 Å². The number of aromatic nitrogens is 4. The molecule has 0 atom stereocenters. The SMILES string of the molecule is CC(C)(C#N)c1ccc(-c2n[nH]c3cnc4ccc(-c5ccc(N6CCCC6)nc5)cc4c23)cc1. The molecular weight excluding hydrogens is 432 g/mol. The summed E-state index contributed by atoms with van der Waals surface area (Å²) in [5.74, 6) is 1.05. The number of hydrogen-bond acceptors (Lipinski definition) is 5. The predicted octanol–water partition coefficient (Wildman–Crippen LogP) is 6.24. The lowest BCUT2D eigenvalue weighted by molar-refractivity contribution is 0.687. The smallest absolute Gasteiger partial charge is 0.128 e. The zero-order chi connectivity index (χ0) is 24.0. The highest BCUT2D eigenvalue weighted by Gasteiger charge is 2.20. The average Bonchev–Trinajstić information content (AvgIpc) is 3.59. The number of nitrogens with one attached hydrogen (secondary N) is 1. The lowest BCUT2D eigenvalue weighted by Crippen LogP contribution is -2.18. The van der Waals surface area contributed by atoms with Crippen LogP contribution in [0.5, 0.6) is 0 Å². The Hall–Kier alpha value is -4.24. The first-order valence-corrected chi connectivity index (χ1v) is 12.0. The maximum Gasteiger partial charge on any atom is 0.128 e. The second-order valence-corrected chi connectivity index (χ2v) is 9.76. The van der Waals surface area contributed by atoms with Crippen LogP contribution in [0.15, 0.2) is 67.0 Å². The number of rotatable bonds is 4. The highest BCUT2D eigenvalue weighted by molar-refractivity contribution is 6.11. The molecule has 0 unspecified atom stereocenters. The minimum absolute atomic E-state index is 0.532. The maximum atomic E-state index is 9.47. The molecule has 1 saturated heterocycles. The Morgan fingerprint density at radius 3 is 2.34 bits per heavy atom. The van der Waals surface area contributed by atoms with Crippen molar-refractivity contribution in [3.63, 3.8) is 0 Å². The standard InChI is InChI=1S/C29H26N6/c1-29(2,18-30)22-9-5-19(6-10-22)28-27-23-15-20(7-11-24(23)31-17-25(27)33-34-28)21-8-12-26(32-16-21)35-13-3-4-14-35/h5-12,15-17H,3-4,13-14H2,1-2H3,(H,33,34). The third kappa shape index (κ3) is 3.70. The normalized spacial score (nSPS) is 14.0. The summed E-state index contributed by atoms with van der Waals surface area (Å²) in [6, 6.07) is 21.1. The van der Waals surface area contributed by atoms with Crippen LogP contribution in [0.1, 0.15) is 32.3 Å². The van der Waals surface area contributed by atoms with Crippen LogP contribution in [0.25, 0.3) is 44.2 Å². The molecule has 0 saturated carbocycles. The van der Waals surface area contributed by atoms with Gasteiger partial charge in [0.15, 0.2) is 0 Å². The Labute approximate surface area is 204 Å². The van der Waals surface area contributed by atoms with E-state index < -0.39 is 5.41 Å². The van der Waals surface area contributed by atoms with Gasteiger partial charge in [0, 0.05) is 41.2 Å². The summed E-state index contributed by atoms with van der Waals surface area (Å²) in [5, 5.41) is 19.4. The highest BCUT2D eigenvalue weighted by atomic mass is 15.2. The molecular formula is C29H26N6. The molecule has 6 rings (SSSR count). The molecule has 2 aromatic carbocycles. The third-order valence-corrected chi connectivity index (χ3v) is 7.06. The Morgan fingerprint density at radius 2 is 1.63 bits per heavy atom. The zero-order valence-electron chi connectivity index (χ0n) is 19.9. The first kappa shape index (κ1) is 21.3. The van der Waals surface area contributed by atoms with Crippen LogP contribution in [0.3, 0.4) is 0 Å². The number of pyridine rings is 2. The van der Waals surface area contributed by atoms with Gasteiger partial charge < -0.3 is 4.90 Å². The fraction of sp³-hybridized carbons (Fsp3) is 0.241. The first-order chi connectivity index (χ1) is 17.0. The van der Waals surface area contributed by atoms with Crippen molar-refractivity contribution < 1.29 is 0 Å². The number of benzene rings is 2. The Balaban J connectivity index is 1.43. The van der Waals surface area contributed by atoms with E-state index in [4.69, 9.17) is 4.98 Å². The molecule has 3 aromatic heterocycles. The summed E-state index contributed by atoms with van der Waals surface area (Å²) in [5.41, 5.74) is 6.35. The van der Waals surface area contributed by atoms with Crippen molar-refractivity contribution in [2.24, 2.45) is 0 Å². The van der Waals surface area contributed by atoms with E-state index >= 15 is 0 Å².